The van der Waals surface area contributed by atoms with Crippen LogP contribution in [0.3, 0.4) is 0 Å². The molecular formula is C15H33BrN+. The van der Waals surface area contributed by atoms with Gasteiger partial charge in [0.15, 0.2) is 0 Å². The van der Waals surface area contributed by atoms with Gasteiger partial charge in [0.2, 0.25) is 16.1 Å². The van der Waals surface area contributed by atoms with Crippen LogP contribution < -0.4 is 0 Å². The fourth-order valence-corrected chi connectivity index (χ4v) is 2.34. The van der Waals surface area contributed by atoms with Gasteiger partial charge in [0.25, 0.3) is 0 Å². The number of quaternary nitrogens is 1. The van der Waals surface area contributed by atoms with E-state index in [0.717, 1.165) is 3.51 Å². The van der Waals surface area contributed by atoms with Gasteiger partial charge in [-0.2, -0.15) is 0 Å². The van der Waals surface area contributed by atoms with Crippen molar-refractivity contribution in [1.29, 1.82) is 0 Å². The minimum Gasteiger partial charge on any atom is -0.259 e. The topological polar surface area (TPSA) is 0 Å². The predicted molar refractivity (Wildman–Crippen MR) is 82.4 cm³/mol. The van der Waals surface area contributed by atoms with Crippen LogP contribution in [-0.4, -0.2) is 23.6 Å². The lowest BCUT2D eigenvalue weighted by atomic mass is 10.1. The fourth-order valence-electron chi connectivity index (χ4n) is 2.09. The molecule has 0 rings (SSSR count). The highest BCUT2D eigenvalue weighted by Crippen LogP contribution is 2.14. The molecule has 0 spiro atoms. The highest BCUT2D eigenvalue weighted by atomic mass is 79.9. The highest BCUT2D eigenvalue weighted by Gasteiger charge is 2.13. The molecule has 1 atom stereocenters. The molecule has 0 bridgehead atoms. The van der Waals surface area contributed by atoms with E-state index in [1.54, 1.807) is 0 Å². The van der Waals surface area contributed by atoms with Gasteiger partial charge in [0.05, 0.1) is 20.1 Å². The van der Waals surface area contributed by atoms with Crippen molar-refractivity contribution >= 4 is 16.1 Å². The van der Waals surface area contributed by atoms with Gasteiger partial charge in [-0.25, -0.2) is 0 Å². The average Bonchev–Trinajstić information content (AvgIpc) is 2.31. The van der Waals surface area contributed by atoms with Crippen LogP contribution in [0.4, 0.5) is 0 Å². The number of hydrogen-bond acceptors (Lipinski definition) is 0. The van der Waals surface area contributed by atoms with Crippen LogP contribution in [0, 0.1) is 0 Å². The Morgan fingerprint density at radius 2 is 1.12 bits per heavy atom. The molecule has 0 amide bonds. The summed E-state index contributed by atoms with van der Waals surface area (Å²) >= 11 is 3.74. The zero-order valence-corrected chi connectivity index (χ0v) is 13.9. The average molecular weight is 307 g/mol. The monoisotopic (exact) mass is 306 g/mol. The maximum Gasteiger partial charge on any atom is 0.227 e. The molecule has 0 saturated heterocycles. The van der Waals surface area contributed by atoms with Crippen LogP contribution >= 0.6 is 16.1 Å². The third-order valence-corrected chi connectivity index (χ3v) is 4.49. The van der Waals surface area contributed by atoms with E-state index < -0.39 is 0 Å². The maximum absolute atomic E-state index is 3.74. The smallest absolute Gasteiger partial charge is 0.227 e. The van der Waals surface area contributed by atoms with Gasteiger partial charge in [0.1, 0.15) is 0 Å². The summed E-state index contributed by atoms with van der Waals surface area (Å²) in [6.45, 7) is 6.97. The third kappa shape index (κ3) is 12.7. The number of hydrogen-bond donors (Lipinski definition) is 0. The molecule has 0 aliphatic heterocycles. The standard InChI is InChI=1S/C15H33BrN/c1-4-6-7-8-9-10-11-12-13-14-15-17(3,16)5-2/h4-15H2,1-3H3/q+1. The second-order valence-electron chi connectivity index (χ2n) is 5.49. The lowest BCUT2D eigenvalue weighted by molar-refractivity contribution is -0.755. The first-order valence-electron chi connectivity index (χ1n) is 7.66. The van der Waals surface area contributed by atoms with Crippen molar-refractivity contribution < 1.29 is 3.51 Å². The Hall–Kier alpha value is 0.440. The van der Waals surface area contributed by atoms with Gasteiger partial charge >= 0.3 is 0 Å². The van der Waals surface area contributed by atoms with E-state index in [2.05, 4.69) is 37.0 Å². The lowest BCUT2D eigenvalue weighted by Crippen LogP contribution is -2.33. The number of halogens is 1. The van der Waals surface area contributed by atoms with Gasteiger partial charge in [-0.05, 0) is 19.8 Å². The van der Waals surface area contributed by atoms with Crippen LogP contribution in [-0.2, 0) is 0 Å². The first kappa shape index (κ1) is 17.4. The zero-order chi connectivity index (χ0) is 13.0. The first-order chi connectivity index (χ1) is 8.12. The molecule has 0 aliphatic rings. The number of nitrogens with zero attached hydrogens (tertiary/aromatic N) is 1. The van der Waals surface area contributed by atoms with Crippen molar-refractivity contribution in [2.24, 2.45) is 0 Å². The van der Waals surface area contributed by atoms with Gasteiger partial charge in [0, 0.05) is 0 Å². The summed E-state index contributed by atoms with van der Waals surface area (Å²) in [5.41, 5.74) is 0. The lowest BCUT2D eigenvalue weighted by Gasteiger charge is -2.23. The summed E-state index contributed by atoms with van der Waals surface area (Å²) in [6.07, 6.45) is 14.3. The first-order valence-corrected chi connectivity index (χ1v) is 8.37. The summed E-state index contributed by atoms with van der Waals surface area (Å²) < 4.78 is 1.00. The summed E-state index contributed by atoms with van der Waals surface area (Å²) in [5, 5.41) is 0. The Kier molecular flexibility index (Phi) is 11.8. The van der Waals surface area contributed by atoms with Crippen LogP contribution in [0.5, 0.6) is 0 Å². The fraction of sp³-hybridized carbons (Fsp3) is 1.00. The Labute approximate surface area is 118 Å². The van der Waals surface area contributed by atoms with E-state index in [-0.39, 0.29) is 0 Å². The molecule has 0 aromatic carbocycles. The Bertz CT molecular complexity index is 157. The van der Waals surface area contributed by atoms with Gasteiger partial charge in [-0.15, -0.1) is 0 Å². The molecule has 0 saturated carbocycles. The molecule has 1 unspecified atom stereocenters. The zero-order valence-electron chi connectivity index (χ0n) is 12.3. The van der Waals surface area contributed by atoms with E-state index in [9.17, 15) is 0 Å². The minimum absolute atomic E-state index is 1.00. The molecule has 2 heteroatoms. The molecule has 0 heterocycles. The molecule has 0 aromatic heterocycles. The van der Waals surface area contributed by atoms with Crippen molar-refractivity contribution in [2.75, 3.05) is 20.1 Å². The molecule has 17 heavy (non-hydrogen) atoms. The van der Waals surface area contributed by atoms with Crippen LogP contribution in [0.1, 0.15) is 78.1 Å². The van der Waals surface area contributed by atoms with Gasteiger partial charge in [-0.1, -0.05) is 58.3 Å². The second kappa shape index (κ2) is 11.5. The van der Waals surface area contributed by atoms with E-state index >= 15 is 0 Å². The molecule has 1 nitrogen and oxygen atoms in total. The van der Waals surface area contributed by atoms with E-state index in [1.165, 1.54) is 77.3 Å². The molecule has 0 aliphatic carbocycles. The molecule has 0 aromatic rings. The van der Waals surface area contributed by atoms with Crippen LogP contribution in [0.2, 0.25) is 0 Å². The van der Waals surface area contributed by atoms with Crippen molar-refractivity contribution in [3.05, 3.63) is 0 Å². The van der Waals surface area contributed by atoms with Crippen LogP contribution in [0.25, 0.3) is 0 Å². The molecular weight excluding hydrogens is 274 g/mol. The predicted octanol–water partition coefficient (Wildman–Crippen LogP) is 5.68. The molecule has 0 radical (unpaired) electrons. The van der Waals surface area contributed by atoms with Crippen molar-refractivity contribution in [1.82, 2.24) is 0 Å². The van der Waals surface area contributed by atoms with E-state index in [1.807, 2.05) is 0 Å². The maximum atomic E-state index is 3.74. The Morgan fingerprint density at radius 3 is 1.53 bits per heavy atom. The highest BCUT2D eigenvalue weighted by molar-refractivity contribution is 9.05. The van der Waals surface area contributed by atoms with E-state index in [4.69, 9.17) is 0 Å². The largest absolute Gasteiger partial charge is 0.259 e. The SMILES string of the molecule is CCCCCCCCCCCC[N+](C)(Br)CC. The summed E-state index contributed by atoms with van der Waals surface area (Å²) in [4.78, 5) is 0. The second-order valence-corrected chi connectivity index (χ2v) is 7.20. The van der Waals surface area contributed by atoms with E-state index in [0.29, 0.717) is 0 Å². The van der Waals surface area contributed by atoms with Crippen molar-refractivity contribution in [2.45, 2.75) is 78.1 Å². The Morgan fingerprint density at radius 1 is 0.706 bits per heavy atom. The molecule has 0 fully saturated rings. The number of rotatable bonds is 12. The van der Waals surface area contributed by atoms with Crippen molar-refractivity contribution in [3.63, 3.8) is 0 Å². The number of unbranched alkanes of at least 4 members (excludes halogenated alkanes) is 9. The van der Waals surface area contributed by atoms with Crippen LogP contribution in [0.15, 0.2) is 0 Å². The quantitative estimate of drug-likeness (QED) is 0.321. The third-order valence-electron chi connectivity index (χ3n) is 3.64. The van der Waals surface area contributed by atoms with Gasteiger partial charge < -0.3 is 0 Å². The Balaban J connectivity index is 3.09. The molecule has 0 N–H and O–H groups in total. The van der Waals surface area contributed by atoms with Gasteiger partial charge in [-0.3, -0.25) is 3.51 Å². The summed E-state index contributed by atoms with van der Waals surface area (Å²) in [5.74, 6) is 0. The normalized spacial score (nSPS) is 14.8. The minimum atomic E-state index is 1.00. The molecule has 104 valence electrons. The summed E-state index contributed by atoms with van der Waals surface area (Å²) in [7, 11) is 2.26. The van der Waals surface area contributed by atoms with Crippen molar-refractivity contribution in [3.8, 4) is 0 Å². The summed E-state index contributed by atoms with van der Waals surface area (Å²) in [6, 6.07) is 0.